The molecule has 0 fully saturated rings. The summed E-state index contributed by atoms with van der Waals surface area (Å²) < 4.78 is 0. The van der Waals surface area contributed by atoms with Gasteiger partial charge in [-0.3, -0.25) is 0 Å². The molecule has 8 heteroatoms. The van der Waals surface area contributed by atoms with Gasteiger partial charge < -0.3 is 10.3 Å². The number of H-pyrrole nitrogens is 1. The lowest BCUT2D eigenvalue weighted by Crippen LogP contribution is -2.04. The second-order valence-corrected chi connectivity index (χ2v) is 4.27. The molecular weight excluding hydrogens is 278 g/mol. The first-order chi connectivity index (χ1) is 9.78. The van der Waals surface area contributed by atoms with Crippen LogP contribution in [0.3, 0.4) is 0 Å². The Hall–Kier alpha value is -2.72. The van der Waals surface area contributed by atoms with Crippen molar-refractivity contribution >= 4 is 28.5 Å². The van der Waals surface area contributed by atoms with Gasteiger partial charge in [-0.2, -0.15) is 15.2 Å². The van der Waals surface area contributed by atoms with Crippen molar-refractivity contribution in [2.45, 2.75) is 6.54 Å². The van der Waals surface area contributed by atoms with E-state index < -0.39 is 0 Å². The van der Waals surface area contributed by atoms with Crippen molar-refractivity contribution in [1.29, 1.82) is 5.26 Å². The highest BCUT2D eigenvalue weighted by atomic mass is 35.5. The smallest absolute Gasteiger partial charge is 0.226 e. The van der Waals surface area contributed by atoms with Crippen molar-refractivity contribution in [3.8, 4) is 6.07 Å². The van der Waals surface area contributed by atoms with Gasteiger partial charge in [-0.15, -0.1) is 0 Å². The Kier molecular flexibility index (Phi) is 3.15. The van der Waals surface area contributed by atoms with E-state index in [9.17, 15) is 0 Å². The molecule has 98 valence electrons. The number of anilines is 1. The Balaban J connectivity index is 1.98. The van der Waals surface area contributed by atoms with E-state index in [2.05, 4.69) is 36.3 Å². The van der Waals surface area contributed by atoms with Crippen LogP contribution in [-0.4, -0.2) is 24.9 Å². The maximum absolute atomic E-state index is 9.10. The number of nitrogens with zero attached hydrogens (tertiary/aromatic N) is 5. The molecule has 2 N–H and O–H groups in total. The SMILES string of the molecule is N#Cc1c[nH]c2nc(Cl)nc(NCc3ccncn3)c12. The summed E-state index contributed by atoms with van der Waals surface area (Å²) in [6, 6.07) is 3.88. The second kappa shape index (κ2) is 5.11. The summed E-state index contributed by atoms with van der Waals surface area (Å²) >= 11 is 5.87. The highest BCUT2D eigenvalue weighted by molar-refractivity contribution is 6.28. The quantitative estimate of drug-likeness (QED) is 0.712. The second-order valence-electron chi connectivity index (χ2n) is 3.93. The van der Waals surface area contributed by atoms with E-state index in [-0.39, 0.29) is 5.28 Å². The summed E-state index contributed by atoms with van der Waals surface area (Å²) in [6.07, 6.45) is 4.70. The molecule has 7 nitrogen and oxygen atoms in total. The molecule has 0 bridgehead atoms. The monoisotopic (exact) mass is 285 g/mol. The number of rotatable bonds is 3. The van der Waals surface area contributed by atoms with Crippen molar-refractivity contribution < 1.29 is 0 Å². The lowest BCUT2D eigenvalue weighted by atomic mass is 10.2. The zero-order chi connectivity index (χ0) is 13.9. The molecular formula is C12H8ClN7. The van der Waals surface area contributed by atoms with Gasteiger partial charge in [0.2, 0.25) is 5.28 Å². The number of aromatic amines is 1. The van der Waals surface area contributed by atoms with Crippen molar-refractivity contribution in [3.05, 3.63) is 41.3 Å². The number of nitriles is 1. The van der Waals surface area contributed by atoms with E-state index in [1.807, 2.05) is 0 Å². The van der Waals surface area contributed by atoms with E-state index in [1.165, 1.54) is 6.33 Å². The summed E-state index contributed by atoms with van der Waals surface area (Å²) in [7, 11) is 0. The first-order valence-corrected chi connectivity index (χ1v) is 6.09. The predicted molar refractivity (Wildman–Crippen MR) is 73.0 cm³/mol. The summed E-state index contributed by atoms with van der Waals surface area (Å²) in [5.74, 6) is 0.497. The number of aromatic nitrogens is 5. The van der Waals surface area contributed by atoms with Crippen LogP contribution >= 0.6 is 11.6 Å². The summed E-state index contributed by atoms with van der Waals surface area (Å²) in [5, 5.41) is 12.9. The predicted octanol–water partition coefficient (Wildman–Crippen LogP) is 1.89. The van der Waals surface area contributed by atoms with Crippen LogP contribution in [0.4, 0.5) is 5.82 Å². The van der Waals surface area contributed by atoms with E-state index in [0.29, 0.717) is 29.0 Å². The van der Waals surface area contributed by atoms with Gasteiger partial charge in [0.25, 0.3) is 0 Å². The number of fused-ring (bicyclic) bond motifs is 1. The van der Waals surface area contributed by atoms with Gasteiger partial charge in [-0.05, 0) is 17.7 Å². The molecule has 0 saturated carbocycles. The molecule has 3 rings (SSSR count). The van der Waals surface area contributed by atoms with Crippen molar-refractivity contribution in [1.82, 2.24) is 24.9 Å². The average molecular weight is 286 g/mol. The number of hydrogen-bond acceptors (Lipinski definition) is 6. The summed E-state index contributed by atoms with van der Waals surface area (Å²) in [4.78, 5) is 19.0. The van der Waals surface area contributed by atoms with Gasteiger partial charge in [0.05, 0.1) is 23.2 Å². The molecule has 20 heavy (non-hydrogen) atoms. The van der Waals surface area contributed by atoms with Crippen LogP contribution < -0.4 is 5.32 Å². The summed E-state index contributed by atoms with van der Waals surface area (Å²) in [6.45, 7) is 0.445. The van der Waals surface area contributed by atoms with Gasteiger partial charge in [0, 0.05) is 12.4 Å². The zero-order valence-corrected chi connectivity index (χ0v) is 10.9. The van der Waals surface area contributed by atoms with E-state index >= 15 is 0 Å². The van der Waals surface area contributed by atoms with Crippen LogP contribution in [0.1, 0.15) is 11.3 Å². The molecule has 0 amide bonds. The standard InChI is InChI=1S/C12H8ClN7/c13-12-19-10-9(7(3-14)4-16-10)11(20-12)17-5-8-1-2-15-6-18-8/h1-2,4,6H,5H2,(H2,16,17,19,20). The first-order valence-electron chi connectivity index (χ1n) is 5.71. The highest BCUT2D eigenvalue weighted by Gasteiger charge is 2.12. The molecule has 0 radical (unpaired) electrons. The van der Waals surface area contributed by atoms with Gasteiger partial charge >= 0.3 is 0 Å². The van der Waals surface area contributed by atoms with Crippen LogP contribution in [0.25, 0.3) is 11.0 Å². The number of nitrogens with one attached hydrogen (secondary N) is 2. The fourth-order valence-corrected chi connectivity index (χ4v) is 1.99. The minimum atomic E-state index is 0.106. The Morgan fingerprint density at radius 2 is 2.30 bits per heavy atom. The molecule has 3 aromatic heterocycles. The highest BCUT2D eigenvalue weighted by Crippen LogP contribution is 2.25. The molecule has 0 saturated heterocycles. The third kappa shape index (κ3) is 2.24. The van der Waals surface area contributed by atoms with E-state index in [1.54, 1.807) is 18.5 Å². The zero-order valence-electron chi connectivity index (χ0n) is 10.1. The molecule has 0 aliphatic heterocycles. The molecule has 0 unspecified atom stereocenters. The largest absolute Gasteiger partial charge is 0.364 e. The van der Waals surface area contributed by atoms with Crippen LogP contribution in [0.15, 0.2) is 24.8 Å². The number of hydrogen-bond donors (Lipinski definition) is 2. The topological polar surface area (TPSA) is 103 Å². The first kappa shape index (κ1) is 12.3. The fourth-order valence-electron chi connectivity index (χ4n) is 1.82. The molecule has 0 aliphatic carbocycles. The lowest BCUT2D eigenvalue weighted by Gasteiger charge is -2.06. The van der Waals surface area contributed by atoms with Gasteiger partial charge in [-0.1, -0.05) is 0 Å². The Morgan fingerprint density at radius 3 is 3.05 bits per heavy atom. The van der Waals surface area contributed by atoms with Crippen LogP contribution in [0, 0.1) is 11.3 Å². The average Bonchev–Trinajstić information content (AvgIpc) is 2.88. The molecule has 0 spiro atoms. The Labute approximate surface area is 118 Å². The number of halogens is 1. The lowest BCUT2D eigenvalue weighted by molar-refractivity contribution is 0.996. The fraction of sp³-hybridized carbons (Fsp3) is 0.0833. The van der Waals surface area contributed by atoms with Gasteiger partial charge in [0.15, 0.2) is 0 Å². The maximum atomic E-state index is 9.10. The molecule has 0 atom stereocenters. The third-order valence-corrected chi connectivity index (χ3v) is 2.87. The summed E-state index contributed by atoms with van der Waals surface area (Å²) in [5.41, 5.74) is 1.78. The van der Waals surface area contributed by atoms with Crippen LogP contribution in [0.5, 0.6) is 0 Å². The van der Waals surface area contributed by atoms with E-state index in [0.717, 1.165) is 5.69 Å². The van der Waals surface area contributed by atoms with Gasteiger partial charge in [0.1, 0.15) is 23.9 Å². The van der Waals surface area contributed by atoms with Gasteiger partial charge in [-0.25, -0.2) is 9.97 Å². The Bertz CT molecular complexity index is 791. The molecule has 3 aromatic rings. The van der Waals surface area contributed by atoms with E-state index in [4.69, 9.17) is 16.9 Å². The minimum Gasteiger partial charge on any atom is -0.364 e. The normalized spacial score (nSPS) is 10.4. The van der Waals surface area contributed by atoms with Crippen molar-refractivity contribution in [2.75, 3.05) is 5.32 Å². The van der Waals surface area contributed by atoms with Crippen molar-refractivity contribution in [2.24, 2.45) is 0 Å². The molecule has 0 aliphatic rings. The minimum absolute atomic E-state index is 0.106. The van der Waals surface area contributed by atoms with Crippen LogP contribution in [0.2, 0.25) is 5.28 Å². The maximum Gasteiger partial charge on any atom is 0.226 e. The van der Waals surface area contributed by atoms with Crippen molar-refractivity contribution in [3.63, 3.8) is 0 Å². The molecule has 3 heterocycles. The third-order valence-electron chi connectivity index (χ3n) is 2.70. The molecule has 0 aromatic carbocycles. The van der Waals surface area contributed by atoms with Crippen LogP contribution in [-0.2, 0) is 6.54 Å². The Morgan fingerprint density at radius 1 is 1.40 bits per heavy atom.